The number of amides is 6. The standard InChI is InChI=1S/C32H44N6O10/c1-18(40)26(38-31(46)48-32(2,3)4)30(45)36-23(15-25(33)41)28(43)37-24(16-39)29(44)35-22(27(34)42)14-19-10-12-21(13-11-19)47-17-20-8-6-5-7-9-20/h5-13,18,22-24,26,39-40H,14-17H2,1-4H3,(H2,33,41)(H2,34,42)(H,35,44)(H,36,45)(H,37,43)(H,38,46)/t18-,22-,23-,24-,26-/m0/s1. The number of rotatable bonds is 17. The lowest BCUT2D eigenvalue weighted by molar-refractivity contribution is -0.135. The van der Waals surface area contributed by atoms with Crippen LogP contribution in [-0.2, 0) is 41.7 Å². The number of nitrogens with one attached hydrogen (secondary N) is 4. The molecule has 0 bridgehead atoms. The Bertz CT molecular complexity index is 1410. The molecular formula is C32H44N6O10. The molecular weight excluding hydrogens is 628 g/mol. The Hall–Kier alpha value is -5.22. The summed E-state index contributed by atoms with van der Waals surface area (Å²) >= 11 is 0. The number of primary amides is 2. The van der Waals surface area contributed by atoms with Crippen LogP contribution in [0.2, 0.25) is 0 Å². The molecule has 0 radical (unpaired) electrons. The van der Waals surface area contributed by atoms with Gasteiger partial charge in [0.05, 0.1) is 19.1 Å². The number of hydrogen-bond donors (Lipinski definition) is 8. The molecule has 0 fully saturated rings. The second kappa shape index (κ2) is 18.2. The highest BCUT2D eigenvalue weighted by Crippen LogP contribution is 2.16. The van der Waals surface area contributed by atoms with Crippen molar-refractivity contribution >= 4 is 35.6 Å². The normalized spacial score (nSPS) is 14.2. The predicted octanol–water partition coefficient (Wildman–Crippen LogP) is -1.11. The van der Waals surface area contributed by atoms with Gasteiger partial charge in [-0.3, -0.25) is 24.0 Å². The van der Waals surface area contributed by atoms with E-state index in [1.165, 1.54) is 6.92 Å². The summed E-state index contributed by atoms with van der Waals surface area (Å²) in [4.78, 5) is 75.1. The lowest BCUT2D eigenvalue weighted by atomic mass is 10.0. The first kappa shape index (κ1) is 39.0. The first-order valence-corrected chi connectivity index (χ1v) is 15.0. The average molecular weight is 673 g/mol. The van der Waals surface area contributed by atoms with Crippen LogP contribution >= 0.6 is 0 Å². The van der Waals surface area contributed by atoms with E-state index >= 15 is 0 Å². The van der Waals surface area contributed by atoms with Gasteiger partial charge in [-0.1, -0.05) is 42.5 Å². The van der Waals surface area contributed by atoms with Crippen LogP contribution < -0.4 is 37.5 Å². The molecule has 16 heteroatoms. The molecule has 0 saturated heterocycles. The van der Waals surface area contributed by atoms with E-state index in [0.29, 0.717) is 17.9 Å². The van der Waals surface area contributed by atoms with Crippen LogP contribution in [-0.4, -0.2) is 88.3 Å². The van der Waals surface area contributed by atoms with Gasteiger partial charge in [-0.2, -0.15) is 0 Å². The van der Waals surface area contributed by atoms with Crippen molar-refractivity contribution in [1.82, 2.24) is 21.3 Å². The monoisotopic (exact) mass is 672 g/mol. The molecule has 16 nitrogen and oxygen atoms in total. The van der Waals surface area contributed by atoms with E-state index in [9.17, 15) is 39.0 Å². The SMILES string of the molecule is C[C@H](O)[C@H](NC(=O)OC(C)(C)C)C(=O)N[C@@H](CC(N)=O)C(=O)N[C@@H](CO)C(=O)N[C@@H](Cc1ccc(OCc2ccccc2)cc1)C(N)=O. The number of benzene rings is 2. The summed E-state index contributed by atoms with van der Waals surface area (Å²) in [5.41, 5.74) is 11.4. The van der Waals surface area contributed by atoms with Crippen molar-refractivity contribution in [1.29, 1.82) is 0 Å². The highest BCUT2D eigenvalue weighted by molar-refractivity contribution is 5.97. The van der Waals surface area contributed by atoms with Crippen molar-refractivity contribution < 1.29 is 48.5 Å². The average Bonchev–Trinajstić information content (AvgIpc) is 3.00. The van der Waals surface area contributed by atoms with Gasteiger partial charge in [-0.15, -0.1) is 0 Å². The van der Waals surface area contributed by atoms with Crippen LogP contribution in [0, 0.1) is 0 Å². The van der Waals surface area contributed by atoms with Crippen molar-refractivity contribution in [3.63, 3.8) is 0 Å². The predicted molar refractivity (Wildman–Crippen MR) is 172 cm³/mol. The molecule has 262 valence electrons. The largest absolute Gasteiger partial charge is 0.489 e. The molecule has 0 aliphatic rings. The van der Waals surface area contributed by atoms with E-state index in [1.807, 2.05) is 30.3 Å². The minimum atomic E-state index is -1.69. The van der Waals surface area contributed by atoms with Gasteiger partial charge < -0.3 is 52.4 Å². The molecule has 48 heavy (non-hydrogen) atoms. The summed E-state index contributed by atoms with van der Waals surface area (Å²) in [6, 6.07) is 10.1. The van der Waals surface area contributed by atoms with E-state index in [-0.39, 0.29) is 6.42 Å². The Kier molecular flexibility index (Phi) is 14.8. The van der Waals surface area contributed by atoms with Crippen LogP contribution in [0.4, 0.5) is 4.79 Å². The van der Waals surface area contributed by atoms with Gasteiger partial charge in [0.15, 0.2) is 0 Å². The van der Waals surface area contributed by atoms with Gasteiger partial charge in [-0.25, -0.2) is 4.79 Å². The number of alkyl carbamates (subject to hydrolysis) is 1. The fraction of sp³-hybridized carbons (Fsp3) is 0.438. The number of hydrogen-bond acceptors (Lipinski definition) is 10. The van der Waals surface area contributed by atoms with Gasteiger partial charge in [0.1, 0.15) is 42.1 Å². The maximum atomic E-state index is 13.1. The third kappa shape index (κ3) is 13.6. The maximum absolute atomic E-state index is 13.1. The smallest absolute Gasteiger partial charge is 0.408 e. The zero-order valence-electron chi connectivity index (χ0n) is 27.2. The molecule has 0 aliphatic carbocycles. The minimum Gasteiger partial charge on any atom is -0.489 e. The lowest BCUT2D eigenvalue weighted by Crippen LogP contribution is -2.60. The second-order valence-electron chi connectivity index (χ2n) is 11.9. The van der Waals surface area contributed by atoms with Crippen LogP contribution in [0.5, 0.6) is 5.75 Å². The van der Waals surface area contributed by atoms with Crippen LogP contribution in [0.1, 0.15) is 45.2 Å². The lowest BCUT2D eigenvalue weighted by Gasteiger charge is -2.27. The Labute approximate surface area is 277 Å². The minimum absolute atomic E-state index is 0.0299. The molecule has 6 amide bonds. The Morgan fingerprint density at radius 3 is 1.85 bits per heavy atom. The Morgan fingerprint density at radius 1 is 0.771 bits per heavy atom. The van der Waals surface area contributed by atoms with E-state index in [2.05, 4.69) is 21.3 Å². The molecule has 5 atom stereocenters. The molecule has 0 aromatic heterocycles. The molecule has 2 rings (SSSR count). The third-order valence-electron chi connectivity index (χ3n) is 6.56. The molecule has 0 aliphatic heterocycles. The van der Waals surface area contributed by atoms with Crippen molar-refractivity contribution in [2.24, 2.45) is 11.5 Å². The van der Waals surface area contributed by atoms with Crippen molar-refractivity contribution in [2.45, 2.75) is 83.0 Å². The van der Waals surface area contributed by atoms with E-state index in [1.54, 1.807) is 45.0 Å². The summed E-state index contributed by atoms with van der Waals surface area (Å²) in [5, 5.41) is 28.9. The van der Waals surface area contributed by atoms with Gasteiger partial charge in [0.2, 0.25) is 29.5 Å². The van der Waals surface area contributed by atoms with Gasteiger partial charge in [0, 0.05) is 6.42 Å². The molecule has 0 saturated carbocycles. The van der Waals surface area contributed by atoms with Crippen molar-refractivity contribution in [3.8, 4) is 5.75 Å². The number of carbonyl (C=O) groups is 6. The van der Waals surface area contributed by atoms with Gasteiger partial charge >= 0.3 is 6.09 Å². The summed E-state index contributed by atoms with van der Waals surface area (Å²) in [7, 11) is 0. The number of aliphatic hydroxyl groups is 2. The highest BCUT2D eigenvalue weighted by Gasteiger charge is 2.34. The van der Waals surface area contributed by atoms with Crippen LogP contribution in [0.15, 0.2) is 54.6 Å². The topological polar surface area (TPSA) is 262 Å². The number of carbonyl (C=O) groups excluding carboxylic acids is 6. The van der Waals surface area contributed by atoms with E-state index in [4.69, 9.17) is 20.9 Å². The number of aliphatic hydroxyl groups excluding tert-OH is 2. The maximum Gasteiger partial charge on any atom is 0.408 e. The highest BCUT2D eigenvalue weighted by atomic mass is 16.6. The quantitative estimate of drug-likeness (QED) is 0.100. The summed E-state index contributed by atoms with van der Waals surface area (Å²) in [6.45, 7) is 5.35. The number of nitrogens with two attached hydrogens (primary N) is 2. The summed E-state index contributed by atoms with van der Waals surface area (Å²) in [5.74, 6) is -4.51. The number of ether oxygens (including phenoxy) is 2. The molecule has 0 spiro atoms. The Balaban J connectivity index is 2.06. The Morgan fingerprint density at radius 2 is 1.33 bits per heavy atom. The summed E-state index contributed by atoms with van der Waals surface area (Å²) in [6.07, 6.45) is -3.27. The zero-order valence-corrected chi connectivity index (χ0v) is 27.2. The molecule has 2 aromatic rings. The van der Waals surface area contributed by atoms with Crippen LogP contribution in [0.25, 0.3) is 0 Å². The summed E-state index contributed by atoms with van der Waals surface area (Å²) < 4.78 is 10.8. The first-order chi connectivity index (χ1) is 22.5. The van der Waals surface area contributed by atoms with E-state index in [0.717, 1.165) is 5.56 Å². The second-order valence-corrected chi connectivity index (χ2v) is 11.9. The zero-order chi connectivity index (χ0) is 36.0. The fourth-order valence-corrected chi connectivity index (χ4v) is 4.17. The van der Waals surface area contributed by atoms with Gasteiger partial charge in [-0.05, 0) is 51.0 Å². The van der Waals surface area contributed by atoms with Crippen molar-refractivity contribution in [3.05, 3.63) is 65.7 Å². The van der Waals surface area contributed by atoms with Crippen LogP contribution in [0.3, 0.4) is 0 Å². The third-order valence-corrected chi connectivity index (χ3v) is 6.56. The molecule has 0 unspecified atom stereocenters. The fourth-order valence-electron chi connectivity index (χ4n) is 4.17. The van der Waals surface area contributed by atoms with Gasteiger partial charge in [0.25, 0.3) is 0 Å². The first-order valence-electron chi connectivity index (χ1n) is 15.0. The van der Waals surface area contributed by atoms with Crippen molar-refractivity contribution in [2.75, 3.05) is 6.61 Å². The molecule has 10 N–H and O–H groups in total. The van der Waals surface area contributed by atoms with E-state index < -0.39 is 84.5 Å². The molecule has 2 aromatic carbocycles. The molecule has 0 heterocycles.